The van der Waals surface area contributed by atoms with Gasteiger partial charge < -0.3 is 44.3 Å². The molecule has 10 rings (SSSR count). The van der Waals surface area contributed by atoms with E-state index in [1.165, 1.54) is 13.0 Å². The van der Waals surface area contributed by atoms with Crippen LogP contribution in [0.5, 0.6) is 11.8 Å². The van der Waals surface area contributed by atoms with E-state index in [-0.39, 0.29) is 120 Å². The Bertz CT molecular complexity index is 3440. The number of amides is 1. The molecule has 6 aromatic rings. The van der Waals surface area contributed by atoms with Gasteiger partial charge in [0.1, 0.15) is 42.7 Å². The number of likely N-dealkylation sites (N-methyl/N-ethyl adjacent to an activating group) is 1. The lowest BCUT2D eigenvalue weighted by Gasteiger charge is -2.41. The number of alkyl halides is 3. The Kier molecular flexibility index (Phi) is 13.5. The summed E-state index contributed by atoms with van der Waals surface area (Å²) in [5.74, 6) is -1.70. The number of allylic oxidation sites excluding steroid dienone is 1. The molecule has 3 N–H and O–H groups in total. The number of piperazine rings is 1. The number of anilines is 2. The summed E-state index contributed by atoms with van der Waals surface area (Å²) in [7, 11) is 1.97. The first-order valence-corrected chi connectivity index (χ1v) is 25.5. The lowest BCUT2D eigenvalue weighted by Crippen LogP contribution is -2.54. The first kappa shape index (κ1) is 51.6. The van der Waals surface area contributed by atoms with Crippen LogP contribution in [0.3, 0.4) is 0 Å². The van der Waals surface area contributed by atoms with Crippen molar-refractivity contribution in [3.8, 4) is 34.4 Å². The number of likely N-dealkylation sites (tertiary alicyclic amines) is 1. The molecule has 16 nitrogen and oxygen atoms in total. The maximum absolute atomic E-state index is 17.1. The van der Waals surface area contributed by atoms with E-state index in [0.29, 0.717) is 41.1 Å². The predicted octanol–water partition coefficient (Wildman–Crippen LogP) is 8.27. The summed E-state index contributed by atoms with van der Waals surface area (Å²) in [6.45, 7) is 10.4. The van der Waals surface area contributed by atoms with Crippen molar-refractivity contribution in [3.63, 3.8) is 0 Å². The van der Waals surface area contributed by atoms with Gasteiger partial charge in [0.15, 0.2) is 11.4 Å². The molecule has 0 unspecified atom stereocenters. The molecule has 2 aromatic carbocycles. The number of aryl methyl sites for hydroxylation is 2. The number of esters is 1. The number of carbonyl (C=O) groups is 2. The highest BCUT2D eigenvalue weighted by Crippen LogP contribution is 2.46. The smallest absolute Gasteiger partial charge is 0.418 e. The second-order valence-electron chi connectivity index (χ2n) is 19.7. The highest BCUT2D eigenvalue weighted by Gasteiger charge is 2.46. The second kappa shape index (κ2) is 19.7. The standard InChI is InChI=1S/C54H56ClF4N9O7/c1-7-11-29(24-73-31-13-14-39-33(19-31)32(8-2)35-23-68-40(45(35)61-39)21-37-36(50(68)70)26-74-51(71)53(37,72)9-3)49(69)66-16-17-67(28(5)22-66)48-34-20-38(55)42(47-43(54(57,58)59)27(4)18-41(60)62-47)44(56)46(34)63-52(64-48)75-25-30-12-10-15-65(30)6/h11,13-14,18-21,28,30,72H,7-10,12,15-17,22-26H2,1-6H3,(H2,60,62)/b29-11+/t28-,30-,53-/m0/s1. The number of fused-ring (bicyclic) bond motifs is 6. The largest absolute Gasteiger partial charge is 0.489 e. The third-order valence-electron chi connectivity index (χ3n) is 15.1. The van der Waals surface area contributed by atoms with Crippen molar-refractivity contribution < 1.29 is 46.5 Å². The van der Waals surface area contributed by atoms with E-state index in [1.807, 2.05) is 50.9 Å². The van der Waals surface area contributed by atoms with E-state index < -0.39 is 46.4 Å². The molecule has 8 heterocycles. The number of aliphatic hydroxyl groups is 1. The molecule has 394 valence electrons. The average molecular weight is 1050 g/mol. The molecule has 2 fully saturated rings. The summed E-state index contributed by atoms with van der Waals surface area (Å²) in [6.07, 6.45) is -0.101. The monoisotopic (exact) mass is 1050 g/mol. The number of nitrogens with zero attached hydrogens (tertiary/aromatic N) is 8. The van der Waals surface area contributed by atoms with E-state index in [2.05, 4.69) is 14.9 Å². The molecule has 4 aromatic heterocycles. The number of hydrogen-bond donors (Lipinski definition) is 2. The highest BCUT2D eigenvalue weighted by molar-refractivity contribution is 6.34. The molecule has 75 heavy (non-hydrogen) atoms. The fourth-order valence-corrected chi connectivity index (χ4v) is 11.4. The Morgan fingerprint density at radius 3 is 2.49 bits per heavy atom. The molecule has 3 atom stereocenters. The minimum absolute atomic E-state index is 0.0338. The van der Waals surface area contributed by atoms with Crippen LogP contribution < -0.4 is 25.7 Å². The van der Waals surface area contributed by atoms with Crippen molar-refractivity contribution in [2.24, 2.45) is 0 Å². The maximum atomic E-state index is 17.1. The van der Waals surface area contributed by atoms with Gasteiger partial charge in [0.05, 0.1) is 56.4 Å². The van der Waals surface area contributed by atoms with E-state index in [1.54, 1.807) is 28.5 Å². The fourth-order valence-electron chi connectivity index (χ4n) is 11.2. The molecule has 4 aliphatic heterocycles. The van der Waals surface area contributed by atoms with Gasteiger partial charge in [-0.1, -0.05) is 38.4 Å². The molecule has 1 amide bonds. The van der Waals surface area contributed by atoms with Gasteiger partial charge in [-0.25, -0.2) is 19.2 Å². The molecule has 0 bridgehead atoms. The number of pyridine rings is 3. The number of halogens is 5. The molecule has 0 spiro atoms. The molecule has 0 aliphatic carbocycles. The number of nitrogens with two attached hydrogens (primary N) is 1. The summed E-state index contributed by atoms with van der Waals surface area (Å²) in [5, 5.41) is 11.9. The average Bonchev–Trinajstić information content (AvgIpc) is 3.98. The third-order valence-corrected chi connectivity index (χ3v) is 15.4. The Labute approximate surface area is 434 Å². The van der Waals surface area contributed by atoms with Crippen LogP contribution in [0.25, 0.3) is 44.5 Å². The number of ether oxygens (including phenoxy) is 3. The van der Waals surface area contributed by atoms with Gasteiger partial charge in [0, 0.05) is 53.6 Å². The van der Waals surface area contributed by atoms with Crippen LogP contribution in [0.2, 0.25) is 5.02 Å². The van der Waals surface area contributed by atoms with E-state index in [4.69, 9.17) is 41.5 Å². The fraction of sp³-hybridized carbons (Fsp3) is 0.426. The van der Waals surface area contributed by atoms with Gasteiger partial charge >= 0.3 is 18.2 Å². The zero-order valence-corrected chi connectivity index (χ0v) is 43.1. The van der Waals surface area contributed by atoms with Crippen molar-refractivity contribution >= 4 is 56.9 Å². The van der Waals surface area contributed by atoms with Crippen LogP contribution >= 0.6 is 11.6 Å². The Balaban J connectivity index is 0.908. The Morgan fingerprint density at radius 2 is 1.80 bits per heavy atom. The molecular formula is C54H56ClF4N9O7. The third kappa shape index (κ3) is 8.97. The normalized spacial score (nSPS) is 19.9. The number of aromatic nitrogens is 5. The van der Waals surface area contributed by atoms with Crippen molar-refractivity contribution in [3.05, 3.63) is 103 Å². The van der Waals surface area contributed by atoms with Crippen molar-refractivity contribution in [1.82, 2.24) is 34.3 Å². The summed E-state index contributed by atoms with van der Waals surface area (Å²) in [5.41, 5.74) is 5.00. The molecular weight excluding hydrogens is 998 g/mol. The summed E-state index contributed by atoms with van der Waals surface area (Å²) >= 11 is 6.74. The van der Waals surface area contributed by atoms with Crippen LogP contribution in [0, 0.1) is 12.7 Å². The van der Waals surface area contributed by atoms with E-state index >= 15 is 4.39 Å². The van der Waals surface area contributed by atoms with Crippen LogP contribution in [0.1, 0.15) is 86.8 Å². The van der Waals surface area contributed by atoms with Crippen LogP contribution in [0.4, 0.5) is 29.2 Å². The number of carbonyl (C=O) groups excluding carboxylic acids is 2. The summed E-state index contributed by atoms with van der Waals surface area (Å²) in [6, 6.07) is 9.02. The topological polar surface area (TPSA) is 191 Å². The SMILES string of the molecule is CC/C=C(\COc1ccc2nc3c(c(CC)c2c1)Cn1c-3cc2c(c1=O)COC(=O)[C@]2(O)CC)C(=O)N1CCN(c2nc(OC[C@@H]3CCCN3C)nc3c(F)c(-c4nc(N)cc(C)c4C(F)(F)F)c(Cl)cc23)[C@@H](C)C1. The van der Waals surface area contributed by atoms with E-state index in [9.17, 15) is 32.7 Å². The molecule has 0 saturated carbocycles. The first-order valence-electron chi connectivity index (χ1n) is 25.1. The minimum atomic E-state index is -4.92. The van der Waals surface area contributed by atoms with Gasteiger partial charge in [-0.3, -0.25) is 9.59 Å². The number of cyclic esters (lactones) is 1. The molecule has 2 saturated heterocycles. The lowest BCUT2D eigenvalue weighted by molar-refractivity contribution is -0.172. The maximum Gasteiger partial charge on any atom is 0.418 e. The second-order valence-corrected chi connectivity index (χ2v) is 20.1. The van der Waals surface area contributed by atoms with Crippen LogP contribution in [-0.2, 0) is 45.7 Å². The number of hydrogen-bond acceptors (Lipinski definition) is 14. The Hall–Kier alpha value is -6.90. The van der Waals surface area contributed by atoms with Crippen molar-refractivity contribution in [2.45, 2.75) is 104 Å². The van der Waals surface area contributed by atoms with Gasteiger partial charge in [-0.15, -0.1) is 0 Å². The molecule has 0 radical (unpaired) electrons. The summed E-state index contributed by atoms with van der Waals surface area (Å²) < 4.78 is 80.1. The number of nitrogen functional groups attached to an aromatic ring is 1. The minimum Gasteiger partial charge on any atom is -0.489 e. The predicted molar refractivity (Wildman–Crippen MR) is 274 cm³/mol. The van der Waals surface area contributed by atoms with Gasteiger partial charge in [-0.2, -0.15) is 23.1 Å². The van der Waals surface area contributed by atoms with Crippen molar-refractivity contribution in [2.75, 3.05) is 57.1 Å². The lowest BCUT2D eigenvalue weighted by atomic mass is 9.86. The van der Waals surface area contributed by atoms with Gasteiger partial charge in [-0.05, 0) is 107 Å². The quantitative estimate of drug-likeness (QED) is 0.0675. The zero-order chi connectivity index (χ0) is 53.4. The van der Waals surface area contributed by atoms with Gasteiger partial charge in [0.25, 0.3) is 11.5 Å². The number of benzene rings is 2. The van der Waals surface area contributed by atoms with Crippen LogP contribution in [0.15, 0.2) is 52.8 Å². The Morgan fingerprint density at radius 1 is 1.01 bits per heavy atom. The summed E-state index contributed by atoms with van der Waals surface area (Å²) in [4.78, 5) is 64.9. The zero-order valence-electron chi connectivity index (χ0n) is 42.3. The highest BCUT2D eigenvalue weighted by atomic mass is 35.5. The molecule has 21 heteroatoms. The van der Waals surface area contributed by atoms with E-state index in [0.717, 1.165) is 42.0 Å². The van der Waals surface area contributed by atoms with Crippen LogP contribution in [-0.4, -0.2) is 110 Å². The van der Waals surface area contributed by atoms with Gasteiger partial charge in [0.2, 0.25) is 0 Å². The van der Waals surface area contributed by atoms with Crippen molar-refractivity contribution in [1.29, 1.82) is 0 Å². The molecule has 4 aliphatic rings. The first-order chi connectivity index (χ1) is 35.8. The number of rotatable bonds is 12.